The highest BCUT2D eigenvalue weighted by Gasteiger charge is 2.55. The van der Waals surface area contributed by atoms with Gasteiger partial charge in [0.1, 0.15) is 0 Å². The first-order valence-electron chi connectivity index (χ1n) is 6.44. The first kappa shape index (κ1) is 11.4. The second-order valence-electron chi connectivity index (χ2n) is 7.22. The Labute approximate surface area is 94.3 Å². The number of aliphatic hydroxyl groups is 1. The van der Waals surface area contributed by atoms with Crippen LogP contribution in [0.3, 0.4) is 0 Å². The molecular weight excluding hydrogens is 184 g/mol. The lowest BCUT2D eigenvalue weighted by Gasteiger charge is -2.41. The predicted molar refractivity (Wildman–Crippen MR) is 63.6 cm³/mol. The van der Waals surface area contributed by atoms with Crippen LogP contribution in [0, 0.1) is 29.1 Å². The number of fused-ring (bicyclic) bond motifs is 2. The molecule has 0 aliphatic heterocycles. The first-order chi connectivity index (χ1) is 6.72. The van der Waals surface area contributed by atoms with Crippen molar-refractivity contribution >= 4 is 0 Å². The van der Waals surface area contributed by atoms with Gasteiger partial charge in [-0.1, -0.05) is 20.8 Å². The molecule has 2 rings (SSSR count). The van der Waals surface area contributed by atoms with Crippen LogP contribution < -0.4 is 0 Å². The molecule has 0 aromatic heterocycles. The number of hydrogen-bond donors (Lipinski definition) is 1. The Morgan fingerprint density at radius 3 is 2.27 bits per heavy atom. The van der Waals surface area contributed by atoms with Gasteiger partial charge in [-0.2, -0.15) is 0 Å². The zero-order chi connectivity index (χ0) is 11.4. The van der Waals surface area contributed by atoms with Gasteiger partial charge < -0.3 is 5.11 Å². The van der Waals surface area contributed by atoms with Crippen LogP contribution in [-0.4, -0.2) is 10.7 Å². The summed E-state index contributed by atoms with van der Waals surface area (Å²) in [5.41, 5.74) is 0.0692. The monoisotopic (exact) mass is 210 g/mol. The maximum Gasteiger partial charge on any atom is 0.0594 e. The second kappa shape index (κ2) is 3.23. The van der Waals surface area contributed by atoms with E-state index in [1.165, 1.54) is 12.8 Å². The molecule has 15 heavy (non-hydrogen) atoms. The van der Waals surface area contributed by atoms with Crippen LogP contribution in [-0.2, 0) is 0 Å². The minimum atomic E-state index is -0.473. The summed E-state index contributed by atoms with van der Waals surface area (Å²) in [5.74, 6) is 3.39. The fourth-order valence-electron chi connectivity index (χ4n) is 4.18. The van der Waals surface area contributed by atoms with Gasteiger partial charge in [0.05, 0.1) is 5.60 Å². The van der Waals surface area contributed by atoms with Crippen molar-refractivity contribution in [2.24, 2.45) is 29.1 Å². The minimum absolute atomic E-state index is 0.473. The van der Waals surface area contributed by atoms with Gasteiger partial charge in [-0.3, -0.25) is 0 Å². The van der Waals surface area contributed by atoms with Crippen LogP contribution in [0.1, 0.15) is 53.9 Å². The molecule has 0 amide bonds. The SMILES string of the molecule is CC1C2CC(CC2CC(C)(C)O)C1(C)C. The molecule has 2 aliphatic rings. The Morgan fingerprint density at radius 1 is 1.27 bits per heavy atom. The Morgan fingerprint density at radius 2 is 1.87 bits per heavy atom. The largest absolute Gasteiger partial charge is 0.390 e. The van der Waals surface area contributed by atoms with Crippen LogP contribution in [0.2, 0.25) is 0 Å². The van der Waals surface area contributed by atoms with Gasteiger partial charge in [-0.25, -0.2) is 0 Å². The Kier molecular flexibility index (Phi) is 2.46. The number of rotatable bonds is 2. The van der Waals surface area contributed by atoms with Crippen LogP contribution in [0.25, 0.3) is 0 Å². The van der Waals surface area contributed by atoms with Gasteiger partial charge in [0.25, 0.3) is 0 Å². The van der Waals surface area contributed by atoms with E-state index in [2.05, 4.69) is 20.8 Å². The molecule has 1 N–H and O–H groups in total. The average Bonchev–Trinajstić information content (AvgIpc) is 2.50. The van der Waals surface area contributed by atoms with E-state index < -0.39 is 5.60 Å². The lowest BCUT2D eigenvalue weighted by atomic mass is 9.65. The molecule has 2 saturated carbocycles. The highest BCUT2D eigenvalue weighted by atomic mass is 16.3. The molecule has 0 spiro atoms. The van der Waals surface area contributed by atoms with Crippen molar-refractivity contribution < 1.29 is 5.11 Å². The summed E-state index contributed by atoms with van der Waals surface area (Å²) in [7, 11) is 0. The standard InChI is InChI=1S/C14H26O/c1-9-12-7-11(14(9,4)5)6-10(12)8-13(2,3)15/h9-12,15H,6-8H2,1-5H3. The smallest absolute Gasteiger partial charge is 0.0594 e. The van der Waals surface area contributed by atoms with E-state index in [0.29, 0.717) is 5.41 Å². The first-order valence-corrected chi connectivity index (χ1v) is 6.44. The predicted octanol–water partition coefficient (Wildman–Crippen LogP) is 3.47. The maximum atomic E-state index is 9.92. The maximum absolute atomic E-state index is 9.92. The molecule has 2 aliphatic carbocycles. The highest BCUT2D eigenvalue weighted by Crippen LogP contribution is 2.62. The van der Waals surface area contributed by atoms with Crippen molar-refractivity contribution in [2.75, 3.05) is 0 Å². The molecule has 0 aromatic carbocycles. The summed E-state index contributed by atoms with van der Waals surface area (Å²) in [6.45, 7) is 11.2. The zero-order valence-electron chi connectivity index (χ0n) is 10.9. The average molecular weight is 210 g/mol. The highest BCUT2D eigenvalue weighted by molar-refractivity contribution is 5.04. The van der Waals surface area contributed by atoms with Gasteiger partial charge in [0.15, 0.2) is 0 Å². The summed E-state index contributed by atoms with van der Waals surface area (Å²) >= 11 is 0. The van der Waals surface area contributed by atoms with Crippen molar-refractivity contribution in [3.05, 3.63) is 0 Å². The Bertz CT molecular complexity index is 245. The number of hydrogen-bond acceptors (Lipinski definition) is 1. The molecule has 1 nitrogen and oxygen atoms in total. The quantitative estimate of drug-likeness (QED) is 0.740. The molecule has 0 aromatic rings. The third kappa shape index (κ3) is 1.84. The molecule has 0 radical (unpaired) electrons. The molecular formula is C14H26O. The van der Waals surface area contributed by atoms with E-state index in [4.69, 9.17) is 0 Å². The zero-order valence-corrected chi connectivity index (χ0v) is 10.9. The Balaban J connectivity index is 2.06. The third-order valence-corrected chi connectivity index (χ3v) is 5.38. The lowest BCUT2D eigenvalue weighted by molar-refractivity contribution is 0.0157. The van der Waals surface area contributed by atoms with Crippen molar-refractivity contribution in [2.45, 2.75) is 59.5 Å². The van der Waals surface area contributed by atoms with E-state index in [1.54, 1.807) is 0 Å². The summed E-state index contributed by atoms with van der Waals surface area (Å²) in [6.07, 6.45) is 3.76. The molecule has 0 heterocycles. The van der Waals surface area contributed by atoms with Gasteiger partial charge in [0, 0.05) is 0 Å². The molecule has 1 heteroatoms. The van der Waals surface area contributed by atoms with E-state index in [0.717, 1.165) is 30.1 Å². The third-order valence-electron chi connectivity index (χ3n) is 5.38. The summed E-state index contributed by atoms with van der Waals surface area (Å²) in [5, 5.41) is 9.92. The topological polar surface area (TPSA) is 20.2 Å². The second-order valence-corrected chi connectivity index (χ2v) is 7.22. The van der Waals surface area contributed by atoms with Crippen molar-refractivity contribution in [3.63, 3.8) is 0 Å². The fraction of sp³-hybridized carbons (Fsp3) is 1.00. The van der Waals surface area contributed by atoms with Crippen LogP contribution in [0.5, 0.6) is 0 Å². The minimum Gasteiger partial charge on any atom is -0.390 e. The molecule has 2 fully saturated rings. The van der Waals surface area contributed by atoms with Crippen molar-refractivity contribution in [3.8, 4) is 0 Å². The fourth-order valence-corrected chi connectivity index (χ4v) is 4.18. The molecule has 2 bridgehead atoms. The van der Waals surface area contributed by atoms with E-state index >= 15 is 0 Å². The van der Waals surface area contributed by atoms with Crippen LogP contribution >= 0.6 is 0 Å². The summed E-state index contributed by atoms with van der Waals surface area (Å²) < 4.78 is 0. The van der Waals surface area contributed by atoms with Crippen molar-refractivity contribution in [1.29, 1.82) is 0 Å². The lowest BCUT2D eigenvalue weighted by Crippen LogP contribution is -2.36. The molecule has 88 valence electrons. The van der Waals surface area contributed by atoms with E-state index in [1.807, 2.05) is 13.8 Å². The molecule has 4 atom stereocenters. The van der Waals surface area contributed by atoms with E-state index in [-0.39, 0.29) is 0 Å². The molecule has 4 unspecified atom stereocenters. The van der Waals surface area contributed by atoms with Crippen LogP contribution in [0.4, 0.5) is 0 Å². The normalized spacial score (nSPS) is 43.6. The van der Waals surface area contributed by atoms with Crippen molar-refractivity contribution in [1.82, 2.24) is 0 Å². The van der Waals surface area contributed by atoms with Gasteiger partial charge >= 0.3 is 0 Å². The molecule has 0 saturated heterocycles. The van der Waals surface area contributed by atoms with Gasteiger partial charge in [-0.05, 0) is 62.2 Å². The summed E-state index contributed by atoms with van der Waals surface area (Å²) in [6, 6.07) is 0. The summed E-state index contributed by atoms with van der Waals surface area (Å²) in [4.78, 5) is 0. The van der Waals surface area contributed by atoms with Gasteiger partial charge in [0.2, 0.25) is 0 Å². The van der Waals surface area contributed by atoms with E-state index in [9.17, 15) is 5.11 Å². The van der Waals surface area contributed by atoms with Gasteiger partial charge in [-0.15, -0.1) is 0 Å². The van der Waals surface area contributed by atoms with Crippen LogP contribution in [0.15, 0.2) is 0 Å². The Hall–Kier alpha value is -0.0400.